The Morgan fingerprint density at radius 2 is 2.09 bits per heavy atom. The van der Waals surface area contributed by atoms with Crippen LogP contribution in [0, 0.1) is 0 Å². The molecule has 3 nitrogen and oxygen atoms in total. The minimum atomic E-state index is 0.439. The maximum Gasteiger partial charge on any atom is 0.236 e. The van der Waals surface area contributed by atoms with Crippen LogP contribution in [0.15, 0.2) is 4.99 Å². The van der Waals surface area contributed by atoms with E-state index >= 15 is 0 Å². The SMILES string of the molecule is O=C=NCNC1CCCCC1. The number of carbonyl (C=O) groups excluding carboxylic acids is 1. The first kappa shape index (κ1) is 8.44. The van der Waals surface area contributed by atoms with Gasteiger partial charge in [-0.3, -0.25) is 5.32 Å². The second-order valence-corrected chi connectivity index (χ2v) is 2.95. The van der Waals surface area contributed by atoms with Crippen LogP contribution in [0.2, 0.25) is 0 Å². The van der Waals surface area contributed by atoms with Gasteiger partial charge in [0.05, 0.1) is 0 Å². The zero-order chi connectivity index (χ0) is 7.94. The zero-order valence-electron chi connectivity index (χ0n) is 6.68. The summed E-state index contributed by atoms with van der Waals surface area (Å²) < 4.78 is 0. The Balaban J connectivity index is 2.09. The lowest BCUT2D eigenvalue weighted by atomic mass is 9.96. The Morgan fingerprint density at radius 1 is 1.36 bits per heavy atom. The Kier molecular flexibility index (Phi) is 3.87. The predicted molar refractivity (Wildman–Crippen MR) is 43.0 cm³/mol. The molecule has 0 atom stereocenters. The Hall–Kier alpha value is -0.660. The molecule has 1 rings (SSSR count). The number of aliphatic imine (C=N–C) groups is 1. The van der Waals surface area contributed by atoms with Crippen molar-refractivity contribution in [2.24, 2.45) is 4.99 Å². The molecule has 62 valence electrons. The van der Waals surface area contributed by atoms with Gasteiger partial charge in [0.25, 0.3) is 0 Å². The van der Waals surface area contributed by atoms with Gasteiger partial charge in [0.1, 0.15) is 6.67 Å². The molecule has 3 heteroatoms. The van der Waals surface area contributed by atoms with Gasteiger partial charge < -0.3 is 0 Å². The van der Waals surface area contributed by atoms with Crippen LogP contribution in [0.3, 0.4) is 0 Å². The molecule has 0 unspecified atom stereocenters. The van der Waals surface area contributed by atoms with E-state index in [9.17, 15) is 4.79 Å². The summed E-state index contributed by atoms with van der Waals surface area (Å²) in [4.78, 5) is 13.2. The van der Waals surface area contributed by atoms with Crippen molar-refractivity contribution in [1.82, 2.24) is 5.32 Å². The van der Waals surface area contributed by atoms with Gasteiger partial charge >= 0.3 is 0 Å². The van der Waals surface area contributed by atoms with Crippen LogP contribution in [-0.4, -0.2) is 18.8 Å². The minimum absolute atomic E-state index is 0.439. The van der Waals surface area contributed by atoms with Crippen LogP contribution >= 0.6 is 0 Å². The number of nitrogens with one attached hydrogen (secondary N) is 1. The average molecular weight is 154 g/mol. The molecule has 0 radical (unpaired) electrons. The van der Waals surface area contributed by atoms with Crippen molar-refractivity contribution < 1.29 is 4.79 Å². The number of hydrogen-bond donors (Lipinski definition) is 1. The van der Waals surface area contributed by atoms with E-state index in [0.717, 1.165) is 0 Å². The van der Waals surface area contributed by atoms with Gasteiger partial charge in [0.2, 0.25) is 6.08 Å². The van der Waals surface area contributed by atoms with Gasteiger partial charge in [-0.2, -0.15) is 4.99 Å². The second kappa shape index (κ2) is 5.05. The fourth-order valence-corrected chi connectivity index (χ4v) is 1.51. The van der Waals surface area contributed by atoms with Crippen LogP contribution < -0.4 is 5.32 Å². The number of nitrogens with zero attached hydrogens (tertiary/aromatic N) is 1. The topological polar surface area (TPSA) is 41.5 Å². The summed E-state index contributed by atoms with van der Waals surface area (Å²) in [7, 11) is 0. The molecule has 0 aromatic heterocycles. The van der Waals surface area contributed by atoms with Crippen molar-refractivity contribution in [1.29, 1.82) is 0 Å². The van der Waals surface area contributed by atoms with Crippen LogP contribution in [0.1, 0.15) is 32.1 Å². The van der Waals surface area contributed by atoms with Gasteiger partial charge in [0, 0.05) is 6.04 Å². The third kappa shape index (κ3) is 3.30. The zero-order valence-corrected chi connectivity index (χ0v) is 6.68. The summed E-state index contributed by atoms with van der Waals surface area (Å²) in [5.74, 6) is 0. The molecule has 1 N–H and O–H groups in total. The molecule has 0 aliphatic heterocycles. The quantitative estimate of drug-likeness (QED) is 0.490. The lowest BCUT2D eigenvalue weighted by Crippen LogP contribution is -2.30. The summed E-state index contributed by atoms with van der Waals surface area (Å²) in [6.45, 7) is 0.439. The van der Waals surface area contributed by atoms with Gasteiger partial charge in [-0.25, -0.2) is 4.79 Å². The highest BCUT2D eigenvalue weighted by atomic mass is 16.1. The van der Waals surface area contributed by atoms with Crippen LogP contribution in [0.25, 0.3) is 0 Å². The molecular weight excluding hydrogens is 140 g/mol. The standard InChI is InChI=1S/C8H14N2O/c11-7-9-6-10-8-4-2-1-3-5-8/h8,10H,1-6H2. The monoisotopic (exact) mass is 154 g/mol. The van der Waals surface area contributed by atoms with E-state index < -0.39 is 0 Å². The lowest BCUT2D eigenvalue weighted by molar-refractivity contribution is 0.378. The minimum Gasteiger partial charge on any atom is -0.295 e. The number of rotatable bonds is 3. The second-order valence-electron chi connectivity index (χ2n) is 2.95. The molecule has 1 aliphatic carbocycles. The summed E-state index contributed by atoms with van der Waals surface area (Å²) in [6.07, 6.45) is 7.95. The number of isocyanates is 1. The van der Waals surface area contributed by atoms with Gasteiger partial charge in [0.15, 0.2) is 0 Å². The van der Waals surface area contributed by atoms with Crippen molar-refractivity contribution in [3.05, 3.63) is 0 Å². The van der Waals surface area contributed by atoms with Crippen molar-refractivity contribution in [2.45, 2.75) is 38.1 Å². The fraction of sp³-hybridized carbons (Fsp3) is 0.875. The first-order valence-electron chi connectivity index (χ1n) is 4.20. The van der Waals surface area contributed by atoms with Gasteiger partial charge in [-0.15, -0.1) is 0 Å². The molecule has 0 bridgehead atoms. The predicted octanol–water partition coefficient (Wildman–Crippen LogP) is 1.20. The van der Waals surface area contributed by atoms with Crippen molar-refractivity contribution in [2.75, 3.05) is 6.67 Å². The van der Waals surface area contributed by atoms with E-state index in [2.05, 4.69) is 10.3 Å². The van der Waals surface area contributed by atoms with Gasteiger partial charge in [-0.05, 0) is 12.8 Å². The summed E-state index contributed by atoms with van der Waals surface area (Å²) in [6, 6.07) is 0.584. The molecule has 1 saturated carbocycles. The van der Waals surface area contributed by atoms with Crippen LogP contribution in [0.5, 0.6) is 0 Å². The normalized spacial score (nSPS) is 19.3. The van der Waals surface area contributed by atoms with E-state index in [4.69, 9.17) is 0 Å². The molecule has 0 aromatic rings. The molecular formula is C8H14N2O. The van der Waals surface area contributed by atoms with Crippen molar-refractivity contribution >= 4 is 6.08 Å². The Labute approximate surface area is 66.9 Å². The highest BCUT2D eigenvalue weighted by molar-refractivity contribution is 5.32. The van der Waals surface area contributed by atoms with Crippen molar-refractivity contribution in [3.8, 4) is 0 Å². The molecule has 0 spiro atoms. The largest absolute Gasteiger partial charge is 0.295 e. The van der Waals surface area contributed by atoms with Gasteiger partial charge in [-0.1, -0.05) is 19.3 Å². The molecule has 1 aliphatic rings. The Morgan fingerprint density at radius 3 is 2.73 bits per heavy atom. The third-order valence-corrected chi connectivity index (χ3v) is 2.13. The van der Waals surface area contributed by atoms with E-state index in [1.165, 1.54) is 38.2 Å². The summed E-state index contributed by atoms with van der Waals surface area (Å²) >= 11 is 0. The summed E-state index contributed by atoms with van der Waals surface area (Å²) in [5.41, 5.74) is 0. The van der Waals surface area contributed by atoms with Crippen LogP contribution in [-0.2, 0) is 4.79 Å². The molecule has 1 fully saturated rings. The number of hydrogen-bond acceptors (Lipinski definition) is 3. The van der Waals surface area contributed by atoms with E-state index in [-0.39, 0.29) is 0 Å². The molecule has 0 heterocycles. The maximum absolute atomic E-state index is 9.71. The third-order valence-electron chi connectivity index (χ3n) is 2.13. The molecule has 0 aromatic carbocycles. The van der Waals surface area contributed by atoms with E-state index in [1.54, 1.807) is 0 Å². The van der Waals surface area contributed by atoms with Crippen LogP contribution in [0.4, 0.5) is 0 Å². The lowest BCUT2D eigenvalue weighted by Gasteiger charge is -2.21. The highest BCUT2D eigenvalue weighted by Crippen LogP contribution is 2.16. The van der Waals surface area contributed by atoms with E-state index in [1.807, 2.05) is 0 Å². The first-order chi connectivity index (χ1) is 5.43. The molecule has 11 heavy (non-hydrogen) atoms. The Bertz CT molecular complexity index is 146. The fourth-order valence-electron chi connectivity index (χ4n) is 1.51. The highest BCUT2D eigenvalue weighted by Gasteiger charge is 2.11. The van der Waals surface area contributed by atoms with Crippen molar-refractivity contribution in [3.63, 3.8) is 0 Å². The maximum atomic E-state index is 9.71. The first-order valence-corrected chi connectivity index (χ1v) is 4.20. The molecule has 0 amide bonds. The summed E-state index contributed by atoms with van der Waals surface area (Å²) in [5, 5.41) is 3.19. The molecule has 0 saturated heterocycles. The van der Waals surface area contributed by atoms with E-state index in [0.29, 0.717) is 12.7 Å². The average Bonchev–Trinajstić information content (AvgIpc) is 2.07. The smallest absolute Gasteiger partial charge is 0.236 e.